The minimum absolute atomic E-state index is 0.0501. The summed E-state index contributed by atoms with van der Waals surface area (Å²) in [6.07, 6.45) is 0.121. The summed E-state index contributed by atoms with van der Waals surface area (Å²) in [5, 5.41) is 22.4. The molecule has 0 bridgehead atoms. The fourth-order valence-electron chi connectivity index (χ4n) is 2.35. The van der Waals surface area contributed by atoms with Crippen LogP contribution in [-0.4, -0.2) is 77.1 Å². The molecule has 3 atom stereocenters. The number of amides is 2. The predicted molar refractivity (Wildman–Crippen MR) is 112 cm³/mol. The minimum atomic E-state index is -1.67. The number of carbonyl (C=O) groups excluding carboxylic acids is 2. The number of carbonyl (C=O) groups is 4. The van der Waals surface area contributed by atoms with Crippen molar-refractivity contribution in [3.63, 3.8) is 0 Å². The van der Waals surface area contributed by atoms with Gasteiger partial charge < -0.3 is 49.5 Å². The Morgan fingerprint density at radius 2 is 1.26 bits per heavy atom. The molecule has 0 aromatic carbocycles. The van der Waals surface area contributed by atoms with Gasteiger partial charge in [0.2, 0.25) is 11.8 Å². The van der Waals surface area contributed by atoms with Crippen LogP contribution in [0.5, 0.6) is 0 Å². The van der Waals surface area contributed by atoms with Gasteiger partial charge in [-0.2, -0.15) is 0 Å². The molecule has 0 aliphatic carbocycles. The number of carboxylic acids is 2. The van der Waals surface area contributed by atoms with Crippen molar-refractivity contribution in [2.45, 2.75) is 50.2 Å². The third-order valence-electron chi connectivity index (χ3n) is 3.88. The van der Waals surface area contributed by atoms with Crippen LogP contribution in [0, 0.1) is 0 Å². The van der Waals surface area contributed by atoms with Crippen LogP contribution >= 0.6 is 0 Å². The minimum Gasteiger partial charge on any atom is -0.481 e. The van der Waals surface area contributed by atoms with Gasteiger partial charge in [0.15, 0.2) is 11.9 Å². The molecule has 14 N–H and O–H groups in total. The van der Waals surface area contributed by atoms with Crippen molar-refractivity contribution in [3.05, 3.63) is 0 Å². The average molecular weight is 445 g/mol. The number of hydrogen-bond donors (Lipinski definition) is 9. The van der Waals surface area contributed by atoms with E-state index in [1.54, 1.807) is 0 Å². The van der Waals surface area contributed by atoms with E-state index in [1.165, 1.54) is 0 Å². The third-order valence-corrected chi connectivity index (χ3v) is 3.88. The van der Waals surface area contributed by atoms with Gasteiger partial charge in [-0.1, -0.05) is 0 Å². The van der Waals surface area contributed by atoms with Gasteiger partial charge >= 0.3 is 11.9 Å². The molecule has 0 aliphatic rings. The van der Waals surface area contributed by atoms with E-state index in [-0.39, 0.29) is 44.3 Å². The highest BCUT2D eigenvalue weighted by Gasteiger charge is 2.29. The van der Waals surface area contributed by atoms with Gasteiger partial charge in [0, 0.05) is 13.1 Å². The van der Waals surface area contributed by atoms with Gasteiger partial charge in [0.25, 0.3) is 0 Å². The summed E-state index contributed by atoms with van der Waals surface area (Å²) >= 11 is 0. The van der Waals surface area contributed by atoms with Gasteiger partial charge in [0.05, 0.1) is 12.5 Å². The van der Waals surface area contributed by atoms with Crippen molar-refractivity contribution in [2.24, 2.45) is 38.7 Å². The van der Waals surface area contributed by atoms with E-state index in [0.717, 1.165) is 0 Å². The van der Waals surface area contributed by atoms with Crippen LogP contribution in [0.2, 0.25) is 0 Å². The molecule has 0 radical (unpaired) electrons. The van der Waals surface area contributed by atoms with E-state index < -0.39 is 48.3 Å². The summed E-state index contributed by atoms with van der Waals surface area (Å²) in [6, 6.07) is -3.83. The van der Waals surface area contributed by atoms with E-state index in [1.807, 2.05) is 0 Å². The number of carboxylic acid groups (broad SMARTS) is 2. The number of guanidine groups is 2. The molecular formula is C16H31N9O6. The Labute approximate surface area is 178 Å². The molecule has 0 aromatic rings. The number of aliphatic carboxylic acids is 2. The summed E-state index contributed by atoms with van der Waals surface area (Å²) in [6.45, 7) is 0.422. The predicted octanol–water partition coefficient (Wildman–Crippen LogP) is -4.05. The summed E-state index contributed by atoms with van der Waals surface area (Å²) in [4.78, 5) is 54.4. The molecule has 0 fully saturated rings. The Kier molecular flexibility index (Phi) is 12.7. The van der Waals surface area contributed by atoms with Crippen LogP contribution < -0.4 is 39.3 Å². The lowest BCUT2D eigenvalue weighted by molar-refractivity contribution is -0.147. The maximum atomic E-state index is 12.5. The van der Waals surface area contributed by atoms with Gasteiger partial charge in [-0.25, -0.2) is 4.79 Å². The molecule has 0 heterocycles. The largest absolute Gasteiger partial charge is 0.481 e. The number of nitrogens with two attached hydrogens (primary N) is 5. The van der Waals surface area contributed by atoms with Crippen molar-refractivity contribution in [2.75, 3.05) is 13.1 Å². The Hall–Kier alpha value is -3.62. The van der Waals surface area contributed by atoms with Crippen molar-refractivity contribution in [3.8, 4) is 0 Å². The Morgan fingerprint density at radius 3 is 1.71 bits per heavy atom. The summed E-state index contributed by atoms with van der Waals surface area (Å²) in [5.74, 6) is -4.72. The normalized spacial score (nSPS) is 13.2. The lowest BCUT2D eigenvalue weighted by Crippen LogP contribution is -2.54. The highest BCUT2D eigenvalue weighted by Crippen LogP contribution is 2.04. The van der Waals surface area contributed by atoms with E-state index in [0.29, 0.717) is 6.42 Å². The van der Waals surface area contributed by atoms with Crippen LogP contribution in [-0.2, 0) is 19.2 Å². The second-order valence-electron chi connectivity index (χ2n) is 6.56. The van der Waals surface area contributed by atoms with Crippen molar-refractivity contribution < 1.29 is 29.4 Å². The highest BCUT2D eigenvalue weighted by atomic mass is 16.4. The first-order valence-electron chi connectivity index (χ1n) is 9.35. The number of nitrogens with zero attached hydrogens (tertiary/aromatic N) is 2. The van der Waals surface area contributed by atoms with Gasteiger partial charge in [0.1, 0.15) is 12.1 Å². The fraction of sp³-hybridized carbons (Fsp3) is 0.625. The molecule has 31 heavy (non-hydrogen) atoms. The summed E-state index contributed by atoms with van der Waals surface area (Å²) in [7, 11) is 0. The SMILES string of the molecule is NC(N)=NCCCC(N)C(=O)NC(CCCN=C(N)N)C(=O)NC(CC(=O)O)C(=O)O. The lowest BCUT2D eigenvalue weighted by Gasteiger charge is -2.22. The zero-order chi connectivity index (χ0) is 24.0. The lowest BCUT2D eigenvalue weighted by atomic mass is 10.1. The standard InChI is InChI=1S/C16H31N9O6/c17-8(3-1-5-22-15(18)19)12(28)24-9(4-2-6-23-16(20)21)13(29)25-10(14(30)31)7-11(26)27/h8-10H,1-7,17H2,(H,24,28)(H,25,29)(H,26,27)(H,30,31)(H4,18,19,22)(H4,20,21,23). The zero-order valence-electron chi connectivity index (χ0n) is 17.0. The van der Waals surface area contributed by atoms with Gasteiger partial charge in [-0.15, -0.1) is 0 Å². The number of rotatable bonds is 15. The molecule has 0 saturated carbocycles. The zero-order valence-corrected chi connectivity index (χ0v) is 17.0. The average Bonchev–Trinajstić information content (AvgIpc) is 2.65. The maximum Gasteiger partial charge on any atom is 0.326 e. The van der Waals surface area contributed by atoms with Gasteiger partial charge in [-0.05, 0) is 25.7 Å². The molecule has 2 amide bonds. The van der Waals surface area contributed by atoms with Crippen LogP contribution in [0.3, 0.4) is 0 Å². The molecule has 176 valence electrons. The number of nitrogens with one attached hydrogen (secondary N) is 2. The summed E-state index contributed by atoms with van der Waals surface area (Å²) in [5.41, 5.74) is 26.7. The van der Waals surface area contributed by atoms with E-state index in [2.05, 4.69) is 20.6 Å². The second-order valence-corrected chi connectivity index (χ2v) is 6.56. The Bertz CT molecular complexity index is 689. The molecule has 0 spiro atoms. The van der Waals surface area contributed by atoms with Crippen molar-refractivity contribution in [1.82, 2.24) is 10.6 Å². The molecule has 15 heteroatoms. The first-order valence-corrected chi connectivity index (χ1v) is 9.35. The monoisotopic (exact) mass is 445 g/mol. The van der Waals surface area contributed by atoms with Crippen LogP contribution in [0.15, 0.2) is 9.98 Å². The molecule has 0 saturated heterocycles. The summed E-state index contributed by atoms with van der Waals surface area (Å²) < 4.78 is 0. The van der Waals surface area contributed by atoms with E-state index in [9.17, 15) is 19.2 Å². The molecule has 15 nitrogen and oxygen atoms in total. The number of hydrogen-bond acceptors (Lipinski definition) is 7. The number of aliphatic imine (C=N–C) groups is 2. The maximum absolute atomic E-state index is 12.5. The van der Waals surface area contributed by atoms with Crippen molar-refractivity contribution in [1.29, 1.82) is 0 Å². The van der Waals surface area contributed by atoms with Crippen LogP contribution in [0.4, 0.5) is 0 Å². The van der Waals surface area contributed by atoms with Crippen LogP contribution in [0.25, 0.3) is 0 Å². The smallest absolute Gasteiger partial charge is 0.326 e. The first kappa shape index (κ1) is 27.4. The fourth-order valence-corrected chi connectivity index (χ4v) is 2.35. The topological polar surface area (TPSA) is 288 Å². The van der Waals surface area contributed by atoms with Crippen molar-refractivity contribution >= 4 is 35.7 Å². The Balaban J connectivity index is 5.08. The molecule has 0 aromatic heterocycles. The highest BCUT2D eigenvalue weighted by molar-refractivity contribution is 5.92. The second kappa shape index (κ2) is 14.4. The molecule has 0 aliphatic heterocycles. The molecule has 3 unspecified atom stereocenters. The third kappa shape index (κ3) is 13.3. The van der Waals surface area contributed by atoms with E-state index in [4.69, 9.17) is 38.9 Å². The van der Waals surface area contributed by atoms with E-state index >= 15 is 0 Å². The van der Waals surface area contributed by atoms with Gasteiger partial charge in [-0.3, -0.25) is 24.4 Å². The molecular weight excluding hydrogens is 414 g/mol. The van der Waals surface area contributed by atoms with Crippen LogP contribution in [0.1, 0.15) is 32.1 Å². The first-order chi connectivity index (χ1) is 14.4. The quantitative estimate of drug-likeness (QED) is 0.0663. The molecule has 0 rings (SSSR count). The Morgan fingerprint density at radius 1 is 0.774 bits per heavy atom.